The first-order chi connectivity index (χ1) is 12.1. The molecule has 25 heavy (non-hydrogen) atoms. The highest BCUT2D eigenvalue weighted by Crippen LogP contribution is 2.26. The second-order valence-corrected chi connectivity index (χ2v) is 6.20. The largest absolute Gasteiger partial charge is 0.497 e. The van der Waals surface area contributed by atoms with Gasteiger partial charge in [0, 0.05) is 24.7 Å². The molecule has 0 radical (unpaired) electrons. The number of carbonyl (C=O) groups is 1. The topological polar surface area (TPSA) is 38.8 Å². The van der Waals surface area contributed by atoms with Crippen molar-refractivity contribution < 1.29 is 14.3 Å². The number of amides is 1. The van der Waals surface area contributed by atoms with Crippen molar-refractivity contribution in [3.63, 3.8) is 0 Å². The van der Waals surface area contributed by atoms with Crippen molar-refractivity contribution in [2.24, 2.45) is 0 Å². The van der Waals surface area contributed by atoms with Crippen LogP contribution < -0.4 is 9.47 Å². The lowest BCUT2D eigenvalue weighted by atomic mass is 9.98. The summed E-state index contributed by atoms with van der Waals surface area (Å²) in [6, 6.07) is 13.8. The number of carbonyl (C=O) groups excluding carboxylic acids is 1. The predicted octanol–water partition coefficient (Wildman–Crippen LogP) is 3.94. The van der Waals surface area contributed by atoms with Crippen LogP contribution in [-0.2, 0) is 0 Å². The minimum Gasteiger partial charge on any atom is -0.497 e. The molecule has 0 aromatic heterocycles. The van der Waals surface area contributed by atoms with Crippen molar-refractivity contribution in [2.45, 2.75) is 13.3 Å². The summed E-state index contributed by atoms with van der Waals surface area (Å²) in [5, 5.41) is 0. The second kappa shape index (κ2) is 7.43. The molecule has 0 saturated heterocycles. The molecule has 130 valence electrons. The van der Waals surface area contributed by atoms with E-state index in [9.17, 15) is 4.79 Å². The van der Waals surface area contributed by atoms with Gasteiger partial charge in [-0.05, 0) is 36.6 Å². The van der Waals surface area contributed by atoms with Gasteiger partial charge in [-0.3, -0.25) is 4.79 Å². The van der Waals surface area contributed by atoms with Gasteiger partial charge in [0.15, 0.2) is 0 Å². The summed E-state index contributed by atoms with van der Waals surface area (Å²) in [6.07, 6.45) is 3.00. The van der Waals surface area contributed by atoms with Crippen molar-refractivity contribution in [3.05, 3.63) is 65.2 Å². The Balaban J connectivity index is 1.76. The Morgan fingerprint density at radius 1 is 1.00 bits per heavy atom. The lowest BCUT2D eigenvalue weighted by Gasteiger charge is -2.27. The van der Waals surface area contributed by atoms with Crippen molar-refractivity contribution >= 4 is 11.5 Å². The number of methoxy groups -OCH3 is 2. The summed E-state index contributed by atoms with van der Waals surface area (Å²) >= 11 is 0. The third kappa shape index (κ3) is 3.85. The van der Waals surface area contributed by atoms with Gasteiger partial charge in [-0.2, -0.15) is 0 Å². The van der Waals surface area contributed by atoms with Gasteiger partial charge in [-0.1, -0.05) is 35.9 Å². The van der Waals surface area contributed by atoms with Crippen molar-refractivity contribution in [3.8, 4) is 11.5 Å². The molecule has 0 fully saturated rings. The SMILES string of the molecule is COc1cc(OC)cc(C(=O)N2CC=C(c3ccc(C)cc3)CC2)c1. The zero-order chi connectivity index (χ0) is 17.8. The lowest BCUT2D eigenvalue weighted by molar-refractivity contribution is 0.0772. The molecule has 0 saturated carbocycles. The third-order valence-electron chi connectivity index (χ3n) is 4.52. The van der Waals surface area contributed by atoms with Crippen LogP contribution in [0.2, 0.25) is 0 Å². The Morgan fingerprint density at radius 2 is 1.64 bits per heavy atom. The molecule has 1 aliphatic rings. The van der Waals surface area contributed by atoms with Gasteiger partial charge in [0.2, 0.25) is 0 Å². The van der Waals surface area contributed by atoms with Crippen LogP contribution in [0.3, 0.4) is 0 Å². The Kier molecular flexibility index (Phi) is 5.08. The molecule has 3 rings (SSSR count). The first kappa shape index (κ1) is 17.1. The van der Waals surface area contributed by atoms with Crippen LogP contribution in [0.4, 0.5) is 0 Å². The summed E-state index contributed by atoms with van der Waals surface area (Å²) in [5.74, 6) is 1.24. The van der Waals surface area contributed by atoms with E-state index in [4.69, 9.17) is 9.47 Å². The zero-order valence-electron chi connectivity index (χ0n) is 14.9. The molecule has 1 heterocycles. The van der Waals surface area contributed by atoms with E-state index in [0.29, 0.717) is 30.2 Å². The molecule has 1 aliphatic heterocycles. The van der Waals surface area contributed by atoms with Crippen molar-refractivity contribution in [2.75, 3.05) is 27.3 Å². The summed E-state index contributed by atoms with van der Waals surface area (Å²) in [7, 11) is 3.17. The van der Waals surface area contributed by atoms with Gasteiger partial charge < -0.3 is 14.4 Å². The Labute approximate surface area is 148 Å². The molecule has 0 unspecified atom stereocenters. The summed E-state index contributed by atoms with van der Waals surface area (Å²) < 4.78 is 10.5. The zero-order valence-corrected chi connectivity index (χ0v) is 14.9. The molecule has 0 aliphatic carbocycles. The number of benzene rings is 2. The van der Waals surface area contributed by atoms with Gasteiger partial charge >= 0.3 is 0 Å². The molecule has 2 aromatic rings. The summed E-state index contributed by atoms with van der Waals surface area (Å²) in [4.78, 5) is 14.7. The number of nitrogens with zero attached hydrogens (tertiary/aromatic N) is 1. The molecule has 1 amide bonds. The molecule has 0 N–H and O–H groups in total. The minimum atomic E-state index is -0.00333. The van der Waals surface area contributed by atoms with Crippen LogP contribution in [0, 0.1) is 6.92 Å². The molecule has 2 aromatic carbocycles. The van der Waals surface area contributed by atoms with Crippen LogP contribution in [0.5, 0.6) is 11.5 Å². The molecule has 0 bridgehead atoms. The first-order valence-corrected chi connectivity index (χ1v) is 8.39. The van der Waals surface area contributed by atoms with E-state index in [1.165, 1.54) is 16.7 Å². The van der Waals surface area contributed by atoms with Crippen LogP contribution in [0.25, 0.3) is 5.57 Å². The van der Waals surface area contributed by atoms with E-state index in [2.05, 4.69) is 37.3 Å². The van der Waals surface area contributed by atoms with Crippen molar-refractivity contribution in [1.82, 2.24) is 4.90 Å². The smallest absolute Gasteiger partial charge is 0.254 e. The summed E-state index contributed by atoms with van der Waals surface area (Å²) in [6.45, 7) is 3.40. The highest BCUT2D eigenvalue weighted by atomic mass is 16.5. The minimum absolute atomic E-state index is 0.00333. The molecule has 0 atom stereocenters. The molecular weight excluding hydrogens is 314 g/mol. The lowest BCUT2D eigenvalue weighted by Crippen LogP contribution is -2.34. The fraction of sp³-hybridized carbons (Fsp3) is 0.286. The molecule has 4 heteroatoms. The maximum absolute atomic E-state index is 12.8. The number of rotatable bonds is 4. The van der Waals surface area contributed by atoms with Gasteiger partial charge in [0.05, 0.1) is 14.2 Å². The van der Waals surface area contributed by atoms with Gasteiger partial charge in [-0.25, -0.2) is 0 Å². The maximum atomic E-state index is 12.8. The molecule has 0 spiro atoms. The number of aryl methyl sites for hydroxylation is 1. The average molecular weight is 337 g/mol. The van der Waals surface area contributed by atoms with E-state index in [1.54, 1.807) is 32.4 Å². The van der Waals surface area contributed by atoms with E-state index < -0.39 is 0 Å². The fourth-order valence-electron chi connectivity index (χ4n) is 3.00. The van der Waals surface area contributed by atoms with Crippen LogP contribution >= 0.6 is 0 Å². The standard InChI is InChI=1S/C21H23NO3/c1-15-4-6-16(7-5-15)17-8-10-22(11-9-17)21(23)18-12-19(24-2)14-20(13-18)25-3/h4-8,12-14H,9-11H2,1-3H3. The van der Waals surface area contributed by atoms with Crippen molar-refractivity contribution in [1.29, 1.82) is 0 Å². The van der Waals surface area contributed by atoms with Crippen LogP contribution in [0.15, 0.2) is 48.5 Å². The monoisotopic (exact) mass is 337 g/mol. The summed E-state index contributed by atoms with van der Waals surface area (Å²) in [5.41, 5.74) is 4.38. The number of ether oxygens (including phenoxy) is 2. The highest BCUT2D eigenvalue weighted by Gasteiger charge is 2.20. The maximum Gasteiger partial charge on any atom is 0.254 e. The van der Waals surface area contributed by atoms with Gasteiger partial charge in [0.1, 0.15) is 11.5 Å². The van der Waals surface area contributed by atoms with Gasteiger partial charge in [-0.15, -0.1) is 0 Å². The number of hydrogen-bond donors (Lipinski definition) is 0. The second-order valence-electron chi connectivity index (χ2n) is 6.20. The first-order valence-electron chi connectivity index (χ1n) is 8.39. The Morgan fingerprint density at radius 3 is 2.16 bits per heavy atom. The van der Waals surface area contributed by atoms with E-state index in [-0.39, 0.29) is 5.91 Å². The Bertz CT molecular complexity index is 771. The fourth-order valence-corrected chi connectivity index (χ4v) is 3.00. The van der Waals surface area contributed by atoms with Crippen LogP contribution in [0.1, 0.15) is 27.9 Å². The predicted molar refractivity (Wildman–Crippen MR) is 99.2 cm³/mol. The third-order valence-corrected chi connectivity index (χ3v) is 4.52. The van der Waals surface area contributed by atoms with E-state index in [0.717, 1.165) is 6.42 Å². The molecular formula is C21H23NO3. The van der Waals surface area contributed by atoms with E-state index in [1.807, 2.05) is 4.90 Å². The van der Waals surface area contributed by atoms with Crippen LogP contribution in [-0.4, -0.2) is 38.1 Å². The quantitative estimate of drug-likeness (QED) is 0.848. The normalized spacial score (nSPS) is 14.0. The molecule has 4 nitrogen and oxygen atoms in total. The Hall–Kier alpha value is -2.75. The van der Waals surface area contributed by atoms with E-state index >= 15 is 0 Å². The van der Waals surface area contributed by atoms with Gasteiger partial charge in [0.25, 0.3) is 5.91 Å². The average Bonchev–Trinajstić information content (AvgIpc) is 2.67. The number of hydrogen-bond acceptors (Lipinski definition) is 3. The highest BCUT2D eigenvalue weighted by molar-refractivity contribution is 5.95.